The zero-order valence-electron chi connectivity index (χ0n) is 22.0. The zero-order chi connectivity index (χ0) is 27.7. The molecule has 0 bridgehead atoms. The van der Waals surface area contributed by atoms with Crippen molar-refractivity contribution < 1.29 is 33.1 Å². The number of piperidine rings is 3. The summed E-state index contributed by atoms with van der Waals surface area (Å²) in [5, 5.41) is 18.5. The van der Waals surface area contributed by atoms with E-state index >= 15 is 0 Å². The topological polar surface area (TPSA) is 148 Å². The Morgan fingerprint density at radius 3 is 1.97 bits per heavy atom. The molecule has 3 N–H and O–H groups in total. The number of nitrogens with zero attached hydrogens (tertiary/aromatic N) is 3. The van der Waals surface area contributed by atoms with Crippen LogP contribution in [0.5, 0.6) is 0 Å². The molecule has 3 amide bonds. The summed E-state index contributed by atoms with van der Waals surface area (Å²) in [6.07, 6.45) is 0.921. The van der Waals surface area contributed by atoms with Crippen LogP contribution in [0.4, 0.5) is 10.5 Å². The zero-order valence-corrected chi connectivity index (χ0v) is 22.8. The van der Waals surface area contributed by atoms with E-state index in [0.29, 0.717) is 24.9 Å². The van der Waals surface area contributed by atoms with Crippen molar-refractivity contribution in [2.75, 3.05) is 44.2 Å². The first-order valence-electron chi connectivity index (χ1n) is 13.3. The number of rotatable bonds is 5. The number of amides is 3. The Morgan fingerprint density at radius 2 is 1.47 bits per heavy atom. The van der Waals surface area contributed by atoms with Gasteiger partial charge in [-0.05, 0) is 68.2 Å². The third-order valence-corrected chi connectivity index (χ3v) is 10.9. The number of nitrogens with one attached hydrogen (secondary N) is 1. The number of benzene rings is 1. The average molecular weight is 551 g/mol. The highest BCUT2D eigenvalue weighted by Crippen LogP contribution is 2.37. The van der Waals surface area contributed by atoms with E-state index in [1.807, 2.05) is 4.90 Å². The molecule has 0 unspecified atom stereocenters. The molecule has 3 aliphatic heterocycles. The fourth-order valence-electron chi connectivity index (χ4n) is 6.33. The Bertz CT molecular complexity index is 1130. The van der Waals surface area contributed by atoms with Gasteiger partial charge < -0.3 is 19.8 Å². The molecule has 3 saturated heterocycles. The fraction of sp³-hybridized carbons (Fsp3) is 0.654. The Labute approximate surface area is 223 Å². The second-order valence-corrected chi connectivity index (χ2v) is 13.4. The standard InChI is InChI=1S/C26H38N4O7S/c1-18-15-19(2)17-30(16-18)23(31)20-7-11-28(12-8-20)21-3-5-22(6-4-21)38(36,37)26(24(32)27-35)9-13-29(14-10-26)25(33)34/h3-6,18-20,35H,7-17H2,1-2H3,(H,27,32)(H,33,34)/t18-,19-/m1/s1. The van der Waals surface area contributed by atoms with Gasteiger partial charge in [-0.25, -0.2) is 18.7 Å². The van der Waals surface area contributed by atoms with Gasteiger partial charge in [0, 0.05) is 50.9 Å². The van der Waals surface area contributed by atoms with Crippen LogP contribution in [0.2, 0.25) is 0 Å². The lowest BCUT2D eigenvalue weighted by atomic mass is 9.89. The van der Waals surface area contributed by atoms with Crippen LogP contribution in [0.15, 0.2) is 29.2 Å². The van der Waals surface area contributed by atoms with E-state index in [1.54, 1.807) is 12.1 Å². The molecule has 0 aliphatic carbocycles. The summed E-state index contributed by atoms with van der Waals surface area (Å²) in [5.41, 5.74) is 2.31. The van der Waals surface area contributed by atoms with Gasteiger partial charge in [0.1, 0.15) is 0 Å². The van der Waals surface area contributed by atoms with Crippen molar-refractivity contribution in [1.82, 2.24) is 15.3 Å². The third kappa shape index (κ3) is 5.33. The summed E-state index contributed by atoms with van der Waals surface area (Å²) < 4.78 is 25.2. The molecule has 3 fully saturated rings. The molecule has 4 rings (SSSR count). The van der Waals surface area contributed by atoms with E-state index in [4.69, 9.17) is 0 Å². The van der Waals surface area contributed by atoms with E-state index in [1.165, 1.54) is 17.6 Å². The van der Waals surface area contributed by atoms with Crippen LogP contribution in [0.25, 0.3) is 0 Å². The summed E-state index contributed by atoms with van der Waals surface area (Å²) >= 11 is 0. The molecule has 3 aliphatic rings. The highest BCUT2D eigenvalue weighted by molar-refractivity contribution is 7.93. The van der Waals surface area contributed by atoms with E-state index in [-0.39, 0.29) is 42.7 Å². The van der Waals surface area contributed by atoms with E-state index in [9.17, 15) is 33.1 Å². The number of carbonyl (C=O) groups is 3. The van der Waals surface area contributed by atoms with E-state index in [2.05, 4.69) is 18.7 Å². The minimum absolute atomic E-state index is 0.00285. The second kappa shape index (κ2) is 11.1. The monoisotopic (exact) mass is 550 g/mol. The molecular formula is C26H38N4O7S. The molecule has 2 atom stereocenters. The van der Waals surface area contributed by atoms with Gasteiger partial charge in [0.25, 0.3) is 5.91 Å². The average Bonchev–Trinajstić information content (AvgIpc) is 2.91. The summed E-state index contributed by atoms with van der Waals surface area (Å²) in [6, 6.07) is 6.29. The van der Waals surface area contributed by atoms with Gasteiger partial charge in [-0.15, -0.1) is 0 Å². The molecule has 3 heterocycles. The van der Waals surface area contributed by atoms with Gasteiger partial charge in [-0.3, -0.25) is 14.8 Å². The van der Waals surface area contributed by atoms with Gasteiger partial charge >= 0.3 is 6.09 Å². The number of carboxylic acid groups (broad SMARTS) is 1. The van der Waals surface area contributed by atoms with Crippen LogP contribution in [0.3, 0.4) is 0 Å². The molecular weight excluding hydrogens is 512 g/mol. The molecule has 12 heteroatoms. The number of hydroxylamine groups is 1. The van der Waals surface area contributed by atoms with Gasteiger partial charge in [-0.1, -0.05) is 13.8 Å². The highest BCUT2D eigenvalue weighted by atomic mass is 32.2. The smallest absolute Gasteiger partial charge is 0.407 e. The largest absolute Gasteiger partial charge is 0.465 e. The normalized spacial score (nSPS) is 24.7. The van der Waals surface area contributed by atoms with Gasteiger partial charge in [0.05, 0.1) is 4.90 Å². The maximum atomic E-state index is 13.6. The molecule has 0 saturated carbocycles. The molecule has 38 heavy (non-hydrogen) atoms. The van der Waals surface area contributed by atoms with Crippen molar-refractivity contribution in [2.24, 2.45) is 17.8 Å². The fourth-order valence-corrected chi connectivity index (χ4v) is 8.28. The Hall–Kier alpha value is -2.86. The van der Waals surface area contributed by atoms with Crippen LogP contribution in [0.1, 0.15) is 46.0 Å². The second-order valence-electron chi connectivity index (χ2n) is 11.2. The van der Waals surface area contributed by atoms with Crippen molar-refractivity contribution in [3.8, 4) is 0 Å². The SMILES string of the molecule is C[C@@H]1C[C@@H](C)CN(C(=O)C2CCN(c3ccc(S(=O)(=O)C4(C(=O)NO)CCN(C(=O)O)CC4)cc3)CC2)C1. The number of hydrogen-bond acceptors (Lipinski definition) is 7. The number of carbonyl (C=O) groups excluding carboxylic acids is 2. The minimum Gasteiger partial charge on any atom is -0.465 e. The summed E-state index contributed by atoms with van der Waals surface area (Å²) in [4.78, 5) is 42.1. The van der Waals surface area contributed by atoms with Crippen LogP contribution < -0.4 is 10.4 Å². The molecule has 0 aromatic heterocycles. The lowest BCUT2D eigenvalue weighted by molar-refractivity contribution is -0.139. The summed E-state index contributed by atoms with van der Waals surface area (Å²) in [7, 11) is -4.23. The van der Waals surface area contributed by atoms with Crippen LogP contribution in [-0.4, -0.2) is 90.5 Å². The molecule has 1 aromatic rings. The molecule has 0 radical (unpaired) electrons. The van der Waals surface area contributed by atoms with E-state index < -0.39 is 26.6 Å². The first-order valence-corrected chi connectivity index (χ1v) is 14.8. The number of sulfone groups is 1. The molecule has 210 valence electrons. The van der Waals surface area contributed by atoms with Gasteiger partial charge in [-0.2, -0.15) is 0 Å². The van der Waals surface area contributed by atoms with Crippen molar-refractivity contribution >= 4 is 33.4 Å². The maximum Gasteiger partial charge on any atom is 0.407 e. The lowest BCUT2D eigenvalue weighted by Gasteiger charge is -2.39. The Balaban J connectivity index is 1.43. The Morgan fingerprint density at radius 1 is 0.921 bits per heavy atom. The van der Waals surface area contributed by atoms with Gasteiger partial charge in [0.15, 0.2) is 14.6 Å². The van der Waals surface area contributed by atoms with Gasteiger partial charge in [0.2, 0.25) is 5.91 Å². The molecule has 1 aromatic carbocycles. The Kier molecular flexibility index (Phi) is 8.22. The van der Waals surface area contributed by atoms with Crippen molar-refractivity contribution in [1.29, 1.82) is 0 Å². The molecule has 0 spiro atoms. The third-order valence-electron chi connectivity index (χ3n) is 8.41. The lowest BCUT2D eigenvalue weighted by Crippen LogP contribution is -2.58. The molecule has 11 nitrogen and oxygen atoms in total. The predicted molar refractivity (Wildman–Crippen MR) is 140 cm³/mol. The summed E-state index contributed by atoms with van der Waals surface area (Å²) in [5.74, 6) is 0.216. The number of hydrogen-bond donors (Lipinski definition) is 3. The van der Waals surface area contributed by atoms with Crippen LogP contribution >= 0.6 is 0 Å². The predicted octanol–water partition coefficient (Wildman–Crippen LogP) is 2.20. The minimum atomic E-state index is -4.23. The summed E-state index contributed by atoms with van der Waals surface area (Å²) in [6.45, 7) is 7.13. The number of likely N-dealkylation sites (tertiary alicyclic amines) is 2. The van der Waals surface area contributed by atoms with Crippen LogP contribution in [-0.2, 0) is 19.4 Å². The van der Waals surface area contributed by atoms with Crippen molar-refractivity contribution in [2.45, 2.75) is 55.6 Å². The van der Waals surface area contributed by atoms with Crippen molar-refractivity contribution in [3.63, 3.8) is 0 Å². The number of anilines is 1. The maximum absolute atomic E-state index is 13.6. The van der Waals surface area contributed by atoms with E-state index in [0.717, 1.165) is 42.9 Å². The van der Waals surface area contributed by atoms with Crippen molar-refractivity contribution in [3.05, 3.63) is 24.3 Å². The highest BCUT2D eigenvalue weighted by Gasteiger charge is 2.53. The van der Waals surface area contributed by atoms with Crippen LogP contribution in [0, 0.1) is 17.8 Å². The first kappa shape index (κ1) is 28.2. The quantitative estimate of drug-likeness (QED) is 0.373. The first-order chi connectivity index (χ1) is 18.0.